The summed E-state index contributed by atoms with van der Waals surface area (Å²) in [7, 11) is 1.66. The van der Waals surface area contributed by atoms with Gasteiger partial charge in [0.1, 0.15) is 11.9 Å². The van der Waals surface area contributed by atoms with Gasteiger partial charge in [0.15, 0.2) is 11.5 Å². The molecular weight excluding hydrogens is 362 g/mol. The van der Waals surface area contributed by atoms with E-state index in [1.54, 1.807) is 7.05 Å². The Morgan fingerprint density at radius 1 is 1.26 bits per heavy atom. The highest BCUT2D eigenvalue weighted by Crippen LogP contribution is 2.48. The highest BCUT2D eigenvalue weighted by Gasteiger charge is 2.53. The van der Waals surface area contributed by atoms with Crippen molar-refractivity contribution in [2.45, 2.75) is 31.9 Å². The number of hydrogen-bond acceptors (Lipinski definition) is 4. The smallest absolute Gasteiger partial charge is 0.261 e. The molecule has 2 aliphatic heterocycles. The molecule has 2 aromatic carbocycles. The van der Waals surface area contributed by atoms with Gasteiger partial charge < -0.3 is 10.5 Å². The Balaban J connectivity index is 1.90. The van der Waals surface area contributed by atoms with Gasteiger partial charge in [-0.2, -0.15) is 0 Å². The molecule has 2 atom stereocenters. The Labute approximate surface area is 163 Å². The first-order valence-electron chi connectivity index (χ1n) is 9.02. The maximum atomic E-state index is 13.2. The van der Waals surface area contributed by atoms with Gasteiger partial charge in [0, 0.05) is 24.1 Å². The third-order valence-corrected chi connectivity index (χ3v) is 5.64. The SMILES string of the molecule is CC(C)C1CC2(N=C(N)N(C)C2=O)c2cc(-c3cccc(Cl)c3)ccc2O1. The lowest BCUT2D eigenvalue weighted by Crippen LogP contribution is -2.46. The molecule has 0 radical (unpaired) electrons. The van der Waals surface area contributed by atoms with Crippen LogP contribution in [0.25, 0.3) is 11.1 Å². The number of ether oxygens (including phenoxy) is 1. The van der Waals surface area contributed by atoms with Gasteiger partial charge in [0.2, 0.25) is 0 Å². The number of carbonyl (C=O) groups is 1. The minimum absolute atomic E-state index is 0.110. The van der Waals surface area contributed by atoms with Crippen molar-refractivity contribution < 1.29 is 9.53 Å². The van der Waals surface area contributed by atoms with E-state index in [1.165, 1.54) is 4.90 Å². The van der Waals surface area contributed by atoms with Crippen molar-refractivity contribution in [1.82, 2.24) is 4.90 Å². The minimum Gasteiger partial charge on any atom is -0.490 e. The first-order valence-corrected chi connectivity index (χ1v) is 9.40. The largest absolute Gasteiger partial charge is 0.490 e. The molecule has 0 aliphatic carbocycles. The molecule has 2 N–H and O–H groups in total. The summed E-state index contributed by atoms with van der Waals surface area (Å²) in [6.07, 6.45) is 0.363. The molecule has 1 spiro atoms. The normalized spacial score (nSPS) is 24.2. The highest BCUT2D eigenvalue weighted by atomic mass is 35.5. The summed E-state index contributed by atoms with van der Waals surface area (Å²) in [5.41, 5.74) is 7.68. The number of nitrogens with zero attached hydrogens (tertiary/aromatic N) is 2. The van der Waals surface area contributed by atoms with Crippen molar-refractivity contribution >= 4 is 23.5 Å². The summed E-state index contributed by atoms with van der Waals surface area (Å²) in [6.45, 7) is 4.17. The second kappa shape index (κ2) is 6.27. The van der Waals surface area contributed by atoms with E-state index >= 15 is 0 Å². The Kier molecular flexibility index (Phi) is 4.15. The van der Waals surface area contributed by atoms with E-state index in [-0.39, 0.29) is 23.9 Å². The Bertz CT molecular complexity index is 956. The molecule has 5 nitrogen and oxygen atoms in total. The van der Waals surface area contributed by atoms with Gasteiger partial charge in [-0.1, -0.05) is 43.6 Å². The number of halogens is 1. The molecule has 0 fully saturated rings. The van der Waals surface area contributed by atoms with Crippen LogP contribution in [0, 0.1) is 5.92 Å². The zero-order chi connectivity index (χ0) is 19.3. The van der Waals surface area contributed by atoms with Crippen molar-refractivity contribution in [2.24, 2.45) is 16.6 Å². The second-order valence-corrected chi connectivity index (χ2v) is 7.96. The summed E-state index contributed by atoms with van der Waals surface area (Å²) >= 11 is 6.15. The number of fused-ring (bicyclic) bond motifs is 2. The predicted octanol–water partition coefficient (Wildman–Crippen LogP) is 3.80. The molecule has 0 bridgehead atoms. The molecule has 0 saturated heterocycles. The Morgan fingerprint density at radius 2 is 2.00 bits per heavy atom. The van der Waals surface area contributed by atoms with Crippen LogP contribution in [0.15, 0.2) is 47.5 Å². The zero-order valence-corrected chi connectivity index (χ0v) is 16.3. The molecule has 140 valence electrons. The molecule has 6 heteroatoms. The zero-order valence-electron chi connectivity index (χ0n) is 15.6. The van der Waals surface area contributed by atoms with Crippen LogP contribution >= 0.6 is 11.6 Å². The standard InChI is InChI=1S/C21H22ClN3O2/c1-12(2)18-11-21(19(26)25(3)20(23)24-21)16-10-14(7-8-17(16)27-18)13-5-4-6-15(22)9-13/h4-10,12,18H,11H2,1-3H3,(H2,23,24). The lowest BCUT2D eigenvalue weighted by atomic mass is 9.78. The van der Waals surface area contributed by atoms with Crippen molar-refractivity contribution in [1.29, 1.82) is 0 Å². The fraction of sp³-hybridized carbons (Fsp3) is 0.333. The number of benzene rings is 2. The number of likely N-dealkylation sites (N-methyl/N-ethyl adjacent to an activating group) is 1. The van der Waals surface area contributed by atoms with Crippen molar-refractivity contribution in [3.05, 3.63) is 53.1 Å². The topological polar surface area (TPSA) is 67.9 Å². The summed E-state index contributed by atoms with van der Waals surface area (Å²) in [6, 6.07) is 13.5. The van der Waals surface area contributed by atoms with Gasteiger partial charge in [-0.25, -0.2) is 4.99 Å². The van der Waals surface area contributed by atoms with Crippen LogP contribution in [0.3, 0.4) is 0 Å². The number of amides is 1. The van der Waals surface area contributed by atoms with E-state index in [0.717, 1.165) is 16.7 Å². The number of carbonyl (C=O) groups excluding carboxylic acids is 1. The van der Waals surface area contributed by atoms with Gasteiger partial charge in [0.25, 0.3) is 5.91 Å². The maximum Gasteiger partial charge on any atom is 0.261 e. The number of aliphatic imine (C=N–C) groups is 1. The summed E-state index contributed by atoms with van der Waals surface area (Å²) in [5, 5.41) is 0.662. The lowest BCUT2D eigenvalue weighted by molar-refractivity contribution is -0.132. The molecule has 2 heterocycles. The van der Waals surface area contributed by atoms with Gasteiger partial charge in [-0.15, -0.1) is 0 Å². The molecule has 1 amide bonds. The van der Waals surface area contributed by atoms with E-state index < -0.39 is 5.54 Å². The molecule has 0 aromatic heterocycles. The van der Waals surface area contributed by atoms with Crippen LogP contribution in [0.5, 0.6) is 5.75 Å². The molecule has 2 unspecified atom stereocenters. The maximum absolute atomic E-state index is 13.2. The second-order valence-electron chi connectivity index (χ2n) is 7.52. The van der Waals surface area contributed by atoms with Crippen LogP contribution in [-0.4, -0.2) is 29.9 Å². The highest BCUT2D eigenvalue weighted by molar-refractivity contribution is 6.30. The Hall–Kier alpha value is -2.53. The van der Waals surface area contributed by atoms with E-state index in [2.05, 4.69) is 18.8 Å². The molecule has 4 rings (SSSR count). The van der Waals surface area contributed by atoms with Crippen molar-refractivity contribution in [3.8, 4) is 16.9 Å². The summed E-state index contributed by atoms with van der Waals surface area (Å²) < 4.78 is 6.21. The number of hydrogen-bond donors (Lipinski definition) is 1. The number of nitrogens with two attached hydrogens (primary N) is 1. The van der Waals surface area contributed by atoms with Crippen LogP contribution in [0.1, 0.15) is 25.8 Å². The average Bonchev–Trinajstić information content (AvgIpc) is 2.85. The minimum atomic E-state index is -1.03. The van der Waals surface area contributed by atoms with Gasteiger partial charge >= 0.3 is 0 Å². The summed E-state index contributed by atoms with van der Waals surface area (Å²) in [4.78, 5) is 19.2. The molecule has 27 heavy (non-hydrogen) atoms. The van der Waals surface area contributed by atoms with Crippen molar-refractivity contribution in [3.63, 3.8) is 0 Å². The van der Waals surface area contributed by atoms with Crippen LogP contribution in [-0.2, 0) is 10.3 Å². The average molecular weight is 384 g/mol. The van der Waals surface area contributed by atoms with Crippen molar-refractivity contribution in [2.75, 3.05) is 7.05 Å². The Morgan fingerprint density at radius 3 is 2.63 bits per heavy atom. The fourth-order valence-corrected chi connectivity index (χ4v) is 3.98. The molecule has 2 aromatic rings. The van der Waals surface area contributed by atoms with E-state index in [4.69, 9.17) is 22.1 Å². The summed E-state index contributed by atoms with van der Waals surface area (Å²) in [5.74, 6) is 1.06. The first kappa shape index (κ1) is 17.9. The van der Waals surface area contributed by atoms with Crippen LogP contribution in [0.4, 0.5) is 0 Å². The van der Waals surface area contributed by atoms with E-state index in [0.29, 0.717) is 17.2 Å². The van der Waals surface area contributed by atoms with Gasteiger partial charge in [-0.05, 0) is 41.3 Å². The predicted molar refractivity (Wildman–Crippen MR) is 107 cm³/mol. The molecule has 2 aliphatic rings. The van der Waals surface area contributed by atoms with Crippen LogP contribution in [0.2, 0.25) is 5.02 Å². The molecule has 0 saturated carbocycles. The van der Waals surface area contributed by atoms with Gasteiger partial charge in [0.05, 0.1) is 0 Å². The number of rotatable bonds is 2. The van der Waals surface area contributed by atoms with Crippen LogP contribution < -0.4 is 10.5 Å². The molecular formula is C21H22ClN3O2. The number of guanidine groups is 1. The third kappa shape index (κ3) is 2.77. The first-order chi connectivity index (χ1) is 12.8. The van der Waals surface area contributed by atoms with E-state index in [1.807, 2.05) is 42.5 Å². The fourth-order valence-electron chi connectivity index (χ4n) is 3.79. The lowest BCUT2D eigenvalue weighted by Gasteiger charge is -2.38. The van der Waals surface area contributed by atoms with Gasteiger partial charge in [-0.3, -0.25) is 9.69 Å². The third-order valence-electron chi connectivity index (χ3n) is 5.41. The quantitative estimate of drug-likeness (QED) is 0.857. The van der Waals surface area contributed by atoms with E-state index in [9.17, 15) is 4.79 Å². The monoisotopic (exact) mass is 383 g/mol.